The van der Waals surface area contributed by atoms with Crippen molar-refractivity contribution >= 4 is 11.9 Å². The quantitative estimate of drug-likeness (QED) is 0.587. The van der Waals surface area contributed by atoms with Gasteiger partial charge in [0.1, 0.15) is 12.4 Å². The van der Waals surface area contributed by atoms with Gasteiger partial charge >= 0.3 is 0 Å². The number of para-hydroxylation sites is 1. The first-order valence-electron chi connectivity index (χ1n) is 5.64. The predicted octanol–water partition coefficient (Wildman–Crippen LogP) is 3.45. The minimum Gasteiger partial charge on any atom is -0.481 e. The highest BCUT2D eigenvalue weighted by Crippen LogP contribution is 2.13. The van der Waals surface area contributed by atoms with Gasteiger partial charge in [0.05, 0.1) is 5.69 Å². The number of aliphatic imine (C=N–C) groups is 1. The number of terminal acetylenes is 1. The zero-order valence-corrected chi connectivity index (χ0v) is 9.91. The fraction of sp³-hybridized carbons (Fsp3) is 0.0625. The molecule has 18 heavy (non-hydrogen) atoms. The van der Waals surface area contributed by atoms with Crippen LogP contribution in [-0.4, -0.2) is 12.8 Å². The van der Waals surface area contributed by atoms with Crippen LogP contribution in [0.15, 0.2) is 59.6 Å². The molecule has 2 heteroatoms. The molecule has 2 rings (SSSR count). The molecular formula is C16H13NO. The third kappa shape index (κ3) is 3.50. The second-order valence-corrected chi connectivity index (χ2v) is 3.66. The van der Waals surface area contributed by atoms with Crippen LogP contribution in [0.5, 0.6) is 5.75 Å². The molecule has 0 spiro atoms. The van der Waals surface area contributed by atoms with Crippen LogP contribution in [0.4, 0.5) is 5.69 Å². The zero-order chi connectivity index (χ0) is 12.6. The second-order valence-electron chi connectivity index (χ2n) is 3.66. The number of rotatable bonds is 4. The molecule has 0 radical (unpaired) electrons. The van der Waals surface area contributed by atoms with Crippen molar-refractivity contribution in [1.29, 1.82) is 0 Å². The average Bonchev–Trinajstić information content (AvgIpc) is 2.45. The van der Waals surface area contributed by atoms with Crippen LogP contribution in [0.3, 0.4) is 0 Å². The Morgan fingerprint density at radius 2 is 1.78 bits per heavy atom. The predicted molar refractivity (Wildman–Crippen MR) is 74.5 cm³/mol. The summed E-state index contributed by atoms with van der Waals surface area (Å²) < 4.78 is 5.29. The molecular weight excluding hydrogens is 222 g/mol. The molecule has 0 N–H and O–H groups in total. The molecule has 2 aromatic carbocycles. The molecule has 2 aromatic rings. The van der Waals surface area contributed by atoms with Crippen molar-refractivity contribution in [3.63, 3.8) is 0 Å². The summed E-state index contributed by atoms with van der Waals surface area (Å²) in [4.78, 5) is 4.37. The minimum atomic E-state index is 0.289. The SMILES string of the molecule is C#CCOc1ccc(C=Nc2ccccc2)cc1. The normalized spacial score (nSPS) is 10.2. The van der Waals surface area contributed by atoms with Crippen molar-refractivity contribution < 1.29 is 4.74 Å². The van der Waals surface area contributed by atoms with Crippen LogP contribution in [0.1, 0.15) is 5.56 Å². The van der Waals surface area contributed by atoms with Gasteiger partial charge in [0.15, 0.2) is 0 Å². The minimum absolute atomic E-state index is 0.289. The summed E-state index contributed by atoms with van der Waals surface area (Å²) in [5.74, 6) is 3.20. The van der Waals surface area contributed by atoms with Crippen molar-refractivity contribution in [2.75, 3.05) is 6.61 Å². The van der Waals surface area contributed by atoms with E-state index in [1.807, 2.05) is 60.8 Å². The van der Waals surface area contributed by atoms with Crippen LogP contribution in [0.2, 0.25) is 0 Å². The molecule has 0 unspecified atom stereocenters. The van der Waals surface area contributed by atoms with Gasteiger partial charge in [-0.15, -0.1) is 6.42 Å². The Kier molecular flexibility index (Phi) is 4.16. The highest BCUT2D eigenvalue weighted by Gasteiger charge is 1.92. The Morgan fingerprint density at radius 1 is 1.06 bits per heavy atom. The van der Waals surface area contributed by atoms with Crippen molar-refractivity contribution in [2.45, 2.75) is 0 Å². The van der Waals surface area contributed by atoms with E-state index in [2.05, 4.69) is 10.9 Å². The molecule has 0 heterocycles. The van der Waals surface area contributed by atoms with Gasteiger partial charge in [0, 0.05) is 6.21 Å². The standard InChI is InChI=1S/C16H13NO/c1-2-12-18-16-10-8-14(9-11-16)13-17-15-6-4-3-5-7-15/h1,3-11,13H,12H2. The van der Waals surface area contributed by atoms with E-state index in [4.69, 9.17) is 11.2 Å². The third-order valence-electron chi connectivity index (χ3n) is 2.32. The Morgan fingerprint density at radius 3 is 2.44 bits per heavy atom. The summed E-state index contributed by atoms with van der Waals surface area (Å²) >= 11 is 0. The number of nitrogens with zero attached hydrogens (tertiary/aromatic N) is 1. The zero-order valence-electron chi connectivity index (χ0n) is 9.91. The molecule has 0 bridgehead atoms. The van der Waals surface area contributed by atoms with Crippen molar-refractivity contribution in [1.82, 2.24) is 0 Å². The Balaban J connectivity index is 2.02. The average molecular weight is 235 g/mol. The molecule has 0 aliphatic heterocycles. The fourth-order valence-corrected chi connectivity index (χ4v) is 1.44. The van der Waals surface area contributed by atoms with E-state index >= 15 is 0 Å². The van der Waals surface area contributed by atoms with Gasteiger partial charge in [-0.1, -0.05) is 24.1 Å². The lowest BCUT2D eigenvalue weighted by Crippen LogP contribution is -1.93. The van der Waals surface area contributed by atoms with Gasteiger partial charge in [-0.2, -0.15) is 0 Å². The molecule has 2 nitrogen and oxygen atoms in total. The number of ether oxygens (including phenoxy) is 1. The highest BCUT2D eigenvalue weighted by atomic mass is 16.5. The van der Waals surface area contributed by atoms with Crippen LogP contribution >= 0.6 is 0 Å². The van der Waals surface area contributed by atoms with E-state index in [0.717, 1.165) is 17.0 Å². The third-order valence-corrected chi connectivity index (χ3v) is 2.32. The summed E-state index contributed by atoms with van der Waals surface area (Å²) in [5, 5.41) is 0. The van der Waals surface area contributed by atoms with Crippen molar-refractivity contribution in [3.8, 4) is 18.1 Å². The van der Waals surface area contributed by atoms with Crippen LogP contribution in [0.25, 0.3) is 0 Å². The van der Waals surface area contributed by atoms with Gasteiger partial charge in [-0.05, 0) is 42.0 Å². The molecule has 0 aromatic heterocycles. The molecule has 88 valence electrons. The molecule has 0 fully saturated rings. The van der Waals surface area contributed by atoms with Gasteiger partial charge in [-0.25, -0.2) is 0 Å². The van der Waals surface area contributed by atoms with E-state index in [1.54, 1.807) is 0 Å². The Bertz CT molecular complexity index is 550. The van der Waals surface area contributed by atoms with E-state index < -0.39 is 0 Å². The first-order valence-corrected chi connectivity index (χ1v) is 5.64. The number of hydrogen-bond donors (Lipinski definition) is 0. The number of hydrogen-bond acceptors (Lipinski definition) is 2. The van der Waals surface area contributed by atoms with Crippen LogP contribution < -0.4 is 4.74 Å². The smallest absolute Gasteiger partial charge is 0.148 e. The highest BCUT2D eigenvalue weighted by molar-refractivity contribution is 5.82. The lowest BCUT2D eigenvalue weighted by atomic mass is 10.2. The van der Waals surface area contributed by atoms with Crippen LogP contribution in [-0.2, 0) is 0 Å². The first kappa shape index (κ1) is 11.9. The van der Waals surface area contributed by atoms with Gasteiger partial charge in [0.25, 0.3) is 0 Å². The first-order chi connectivity index (χ1) is 8.88. The van der Waals surface area contributed by atoms with Crippen molar-refractivity contribution in [3.05, 3.63) is 60.2 Å². The molecule has 0 saturated carbocycles. The Labute approximate surface area is 107 Å². The molecule has 0 saturated heterocycles. The van der Waals surface area contributed by atoms with Crippen molar-refractivity contribution in [2.24, 2.45) is 4.99 Å². The fourth-order valence-electron chi connectivity index (χ4n) is 1.44. The maximum Gasteiger partial charge on any atom is 0.148 e. The Hall–Kier alpha value is -2.53. The van der Waals surface area contributed by atoms with E-state index in [9.17, 15) is 0 Å². The monoisotopic (exact) mass is 235 g/mol. The molecule has 0 atom stereocenters. The maximum atomic E-state index is 5.29. The summed E-state index contributed by atoms with van der Waals surface area (Å²) in [5.41, 5.74) is 1.96. The lowest BCUT2D eigenvalue weighted by Gasteiger charge is -2.01. The number of benzene rings is 2. The van der Waals surface area contributed by atoms with Crippen LogP contribution in [0, 0.1) is 12.3 Å². The largest absolute Gasteiger partial charge is 0.481 e. The molecule has 0 aliphatic carbocycles. The topological polar surface area (TPSA) is 21.6 Å². The molecule has 0 aliphatic rings. The van der Waals surface area contributed by atoms with E-state index in [1.165, 1.54) is 0 Å². The summed E-state index contributed by atoms with van der Waals surface area (Å²) in [7, 11) is 0. The van der Waals surface area contributed by atoms with E-state index in [0.29, 0.717) is 0 Å². The lowest BCUT2D eigenvalue weighted by molar-refractivity contribution is 0.370. The summed E-state index contributed by atoms with van der Waals surface area (Å²) in [6.45, 7) is 0.289. The van der Waals surface area contributed by atoms with E-state index in [-0.39, 0.29) is 6.61 Å². The summed E-state index contributed by atoms with van der Waals surface area (Å²) in [6, 6.07) is 17.5. The second kappa shape index (κ2) is 6.27. The maximum absolute atomic E-state index is 5.29. The summed E-state index contributed by atoms with van der Waals surface area (Å²) in [6.07, 6.45) is 6.94. The molecule has 0 amide bonds. The van der Waals surface area contributed by atoms with Gasteiger partial charge < -0.3 is 4.74 Å². The van der Waals surface area contributed by atoms with Gasteiger partial charge in [-0.3, -0.25) is 4.99 Å². The van der Waals surface area contributed by atoms with Gasteiger partial charge in [0.2, 0.25) is 0 Å².